The number of nitrogens with zero attached hydrogens (tertiary/aromatic N) is 2. The van der Waals surface area contributed by atoms with Gasteiger partial charge in [0.05, 0.1) is 35.8 Å². The number of carbonyl (C=O) groups excluding carboxylic acids is 3. The number of esters is 1. The van der Waals surface area contributed by atoms with Gasteiger partial charge in [-0.2, -0.15) is 0 Å². The van der Waals surface area contributed by atoms with Crippen molar-refractivity contribution in [2.45, 2.75) is 61.7 Å². The molecule has 34 heavy (non-hydrogen) atoms. The largest absolute Gasteiger partial charge is 0.466 e. The van der Waals surface area contributed by atoms with Gasteiger partial charge < -0.3 is 19.6 Å². The number of amides is 2. The van der Waals surface area contributed by atoms with Gasteiger partial charge in [-0.15, -0.1) is 18.3 Å². The van der Waals surface area contributed by atoms with Crippen LogP contribution in [0.25, 0.3) is 0 Å². The lowest BCUT2D eigenvalue weighted by Gasteiger charge is -2.40. The standard InChI is InChI=1S/C26H34N2O5S/c1-5-14-27(16(3)4)24(31)22-26-13-12-19(34-26)20(25(32)33-6-2)21(26)23(30)28(22)18(15-29)17-10-8-7-9-11-17/h5,7-11,16,18-22,29H,1,6,12-15H2,2-4H3/t18-,19+,20-,21+,22?,26?/m1/s1. The number of fused-ring (bicyclic) bond motifs is 1. The predicted octanol–water partition coefficient (Wildman–Crippen LogP) is 2.80. The van der Waals surface area contributed by atoms with Gasteiger partial charge in [-0.05, 0) is 39.2 Å². The summed E-state index contributed by atoms with van der Waals surface area (Å²) in [5.74, 6) is -1.97. The maximum Gasteiger partial charge on any atom is 0.310 e. The first kappa shape index (κ1) is 24.8. The summed E-state index contributed by atoms with van der Waals surface area (Å²) >= 11 is 1.61. The minimum absolute atomic E-state index is 0.0401. The molecule has 0 aromatic heterocycles. The second-order valence-electron chi connectivity index (χ2n) is 9.54. The van der Waals surface area contributed by atoms with E-state index in [1.165, 1.54) is 0 Å². The smallest absolute Gasteiger partial charge is 0.310 e. The summed E-state index contributed by atoms with van der Waals surface area (Å²) in [4.78, 5) is 44.6. The van der Waals surface area contributed by atoms with Crippen LogP contribution >= 0.6 is 11.8 Å². The quantitative estimate of drug-likeness (QED) is 0.427. The van der Waals surface area contributed by atoms with E-state index in [0.29, 0.717) is 13.0 Å². The lowest BCUT2D eigenvalue weighted by Crippen LogP contribution is -2.57. The molecular weight excluding hydrogens is 452 g/mol. The average Bonchev–Trinajstić information content (AvgIpc) is 3.46. The molecule has 1 N–H and O–H groups in total. The van der Waals surface area contributed by atoms with Crippen LogP contribution in [0.1, 0.15) is 45.2 Å². The molecule has 3 aliphatic rings. The summed E-state index contributed by atoms with van der Waals surface area (Å²) in [7, 11) is 0. The van der Waals surface area contributed by atoms with Crippen LogP contribution in [0.3, 0.4) is 0 Å². The minimum atomic E-state index is -0.779. The number of aliphatic hydroxyl groups is 1. The topological polar surface area (TPSA) is 87.2 Å². The first-order valence-corrected chi connectivity index (χ1v) is 12.9. The molecule has 1 aromatic rings. The number of hydrogen-bond acceptors (Lipinski definition) is 6. The van der Waals surface area contributed by atoms with Gasteiger partial charge in [-0.1, -0.05) is 36.4 Å². The number of likely N-dealkylation sites (tertiary alicyclic amines) is 1. The summed E-state index contributed by atoms with van der Waals surface area (Å²) in [6.45, 7) is 9.75. The molecule has 8 heteroatoms. The lowest BCUT2D eigenvalue weighted by molar-refractivity contribution is -0.154. The van der Waals surface area contributed by atoms with Gasteiger partial charge in [0.15, 0.2) is 0 Å². The van der Waals surface area contributed by atoms with Gasteiger partial charge >= 0.3 is 5.97 Å². The molecule has 0 aliphatic carbocycles. The molecule has 2 bridgehead atoms. The molecule has 6 atom stereocenters. The molecule has 3 heterocycles. The van der Waals surface area contributed by atoms with E-state index < -0.39 is 28.7 Å². The maximum absolute atomic E-state index is 14.2. The van der Waals surface area contributed by atoms with E-state index in [9.17, 15) is 19.5 Å². The summed E-state index contributed by atoms with van der Waals surface area (Å²) in [5, 5.41) is 10.4. The lowest BCUT2D eigenvalue weighted by atomic mass is 9.71. The second kappa shape index (κ2) is 9.74. The SMILES string of the molecule is C=CCN(C(=O)C1N([C@H](CO)c2ccccc2)C(=O)[C@@H]2[C@H](C(=O)OCC)[C@@H]3CCC12S3)C(C)C. The van der Waals surface area contributed by atoms with E-state index >= 15 is 0 Å². The third-order valence-corrected chi connectivity index (χ3v) is 9.41. The fourth-order valence-corrected chi connectivity index (χ4v) is 8.28. The molecule has 3 aliphatic heterocycles. The number of rotatable bonds is 9. The molecule has 0 saturated carbocycles. The molecule has 2 amide bonds. The van der Waals surface area contributed by atoms with Crippen molar-refractivity contribution in [1.82, 2.24) is 9.80 Å². The highest BCUT2D eigenvalue weighted by Gasteiger charge is 2.75. The molecule has 3 saturated heterocycles. The van der Waals surface area contributed by atoms with Gasteiger partial charge in [-0.25, -0.2) is 0 Å². The fraction of sp³-hybridized carbons (Fsp3) is 0.577. The third kappa shape index (κ3) is 3.75. The van der Waals surface area contributed by atoms with Crippen LogP contribution in [0.5, 0.6) is 0 Å². The van der Waals surface area contributed by atoms with Crippen molar-refractivity contribution in [3.63, 3.8) is 0 Å². The molecule has 1 spiro atoms. The van der Waals surface area contributed by atoms with Crippen molar-refractivity contribution in [3.8, 4) is 0 Å². The molecular formula is C26H34N2O5S. The highest BCUT2D eigenvalue weighted by molar-refractivity contribution is 8.02. The summed E-state index contributed by atoms with van der Waals surface area (Å²) in [6, 6.07) is 7.76. The van der Waals surface area contributed by atoms with Crippen LogP contribution in [0.4, 0.5) is 0 Å². The van der Waals surface area contributed by atoms with Crippen LogP contribution in [-0.4, -0.2) is 74.5 Å². The van der Waals surface area contributed by atoms with Gasteiger partial charge in [0, 0.05) is 17.8 Å². The minimum Gasteiger partial charge on any atom is -0.466 e. The molecule has 7 nitrogen and oxygen atoms in total. The van der Waals surface area contributed by atoms with Crippen LogP contribution in [0.2, 0.25) is 0 Å². The Kier molecular flexibility index (Phi) is 7.10. The Balaban J connectivity index is 1.84. The normalized spacial score (nSPS) is 30.4. The summed E-state index contributed by atoms with van der Waals surface area (Å²) in [5.41, 5.74) is 0.763. The summed E-state index contributed by atoms with van der Waals surface area (Å²) in [6.07, 6.45) is 3.12. The van der Waals surface area contributed by atoms with E-state index in [-0.39, 0.29) is 42.3 Å². The molecule has 4 rings (SSSR count). The number of ether oxygens (including phenoxy) is 1. The van der Waals surface area contributed by atoms with Gasteiger partial charge in [0.1, 0.15) is 6.04 Å². The van der Waals surface area contributed by atoms with Crippen LogP contribution in [0, 0.1) is 11.8 Å². The average molecular weight is 487 g/mol. The van der Waals surface area contributed by atoms with E-state index in [1.807, 2.05) is 44.2 Å². The van der Waals surface area contributed by atoms with Crippen molar-refractivity contribution in [1.29, 1.82) is 0 Å². The van der Waals surface area contributed by atoms with E-state index in [1.54, 1.807) is 34.6 Å². The highest BCUT2D eigenvalue weighted by Crippen LogP contribution is 2.67. The van der Waals surface area contributed by atoms with Crippen molar-refractivity contribution in [2.24, 2.45) is 11.8 Å². The zero-order valence-electron chi connectivity index (χ0n) is 20.1. The Hall–Kier alpha value is -2.32. The first-order chi connectivity index (χ1) is 16.3. The van der Waals surface area contributed by atoms with Crippen molar-refractivity contribution >= 4 is 29.5 Å². The Morgan fingerprint density at radius 1 is 1.35 bits per heavy atom. The predicted molar refractivity (Wildman–Crippen MR) is 131 cm³/mol. The van der Waals surface area contributed by atoms with Gasteiger partial charge in [0.2, 0.25) is 11.8 Å². The number of aliphatic hydroxyl groups excluding tert-OH is 1. The van der Waals surface area contributed by atoms with E-state index in [0.717, 1.165) is 12.0 Å². The Bertz CT molecular complexity index is 954. The van der Waals surface area contributed by atoms with Crippen molar-refractivity contribution < 1.29 is 24.2 Å². The Labute approximate surface area is 205 Å². The van der Waals surface area contributed by atoms with E-state index in [4.69, 9.17) is 4.74 Å². The Morgan fingerprint density at radius 3 is 2.65 bits per heavy atom. The third-order valence-electron chi connectivity index (χ3n) is 7.46. The number of thioether (sulfide) groups is 1. The van der Waals surface area contributed by atoms with Crippen LogP contribution in [0.15, 0.2) is 43.0 Å². The maximum atomic E-state index is 14.2. The molecule has 184 valence electrons. The second-order valence-corrected chi connectivity index (χ2v) is 11.1. The fourth-order valence-electron chi connectivity index (χ4n) is 6.09. The summed E-state index contributed by atoms with van der Waals surface area (Å²) < 4.78 is 4.66. The zero-order valence-corrected chi connectivity index (χ0v) is 20.9. The van der Waals surface area contributed by atoms with Crippen LogP contribution < -0.4 is 0 Å². The number of benzene rings is 1. The molecule has 2 unspecified atom stereocenters. The highest BCUT2D eigenvalue weighted by atomic mass is 32.2. The zero-order chi connectivity index (χ0) is 24.6. The van der Waals surface area contributed by atoms with Gasteiger partial charge in [0.25, 0.3) is 0 Å². The van der Waals surface area contributed by atoms with Gasteiger partial charge in [-0.3, -0.25) is 14.4 Å². The monoisotopic (exact) mass is 486 g/mol. The van der Waals surface area contributed by atoms with Crippen molar-refractivity contribution in [3.05, 3.63) is 48.6 Å². The molecule has 1 aromatic carbocycles. The first-order valence-electron chi connectivity index (χ1n) is 12.1. The van der Waals surface area contributed by atoms with Crippen molar-refractivity contribution in [2.75, 3.05) is 19.8 Å². The Morgan fingerprint density at radius 2 is 2.06 bits per heavy atom. The number of carbonyl (C=O) groups is 3. The van der Waals surface area contributed by atoms with Crippen LogP contribution in [-0.2, 0) is 19.1 Å². The van der Waals surface area contributed by atoms with E-state index in [2.05, 4.69) is 6.58 Å². The number of hydrogen-bond donors (Lipinski definition) is 1. The molecule has 0 radical (unpaired) electrons. The molecule has 3 fully saturated rings.